The third-order valence-electron chi connectivity index (χ3n) is 4.55. The lowest BCUT2D eigenvalue weighted by Gasteiger charge is -2.13. The van der Waals surface area contributed by atoms with Crippen molar-refractivity contribution in [2.24, 2.45) is 5.92 Å². The Balaban J connectivity index is 1.67. The molecule has 0 aliphatic heterocycles. The Labute approximate surface area is 135 Å². The third kappa shape index (κ3) is 2.72. The summed E-state index contributed by atoms with van der Waals surface area (Å²) in [6, 6.07) is 13.8. The van der Waals surface area contributed by atoms with Crippen molar-refractivity contribution >= 4 is 17.2 Å². The van der Waals surface area contributed by atoms with Gasteiger partial charge in [0.1, 0.15) is 5.65 Å². The van der Waals surface area contributed by atoms with E-state index >= 15 is 0 Å². The molecular formula is C19H19N3O. The van der Waals surface area contributed by atoms with Gasteiger partial charge in [0.2, 0.25) is 5.91 Å². The van der Waals surface area contributed by atoms with Crippen LogP contribution in [0.2, 0.25) is 0 Å². The molecule has 4 rings (SSSR count). The van der Waals surface area contributed by atoms with Gasteiger partial charge < -0.3 is 9.72 Å². The van der Waals surface area contributed by atoms with Crippen LogP contribution < -0.4 is 5.32 Å². The highest BCUT2D eigenvalue weighted by Gasteiger charge is 2.23. The normalized spacial score (nSPS) is 15.1. The molecule has 1 saturated carbocycles. The van der Waals surface area contributed by atoms with Crippen LogP contribution in [0.1, 0.15) is 25.7 Å². The highest BCUT2D eigenvalue weighted by Crippen LogP contribution is 2.30. The van der Waals surface area contributed by atoms with Gasteiger partial charge in [0.15, 0.2) is 0 Å². The number of aromatic nitrogens is 2. The van der Waals surface area contributed by atoms with Crippen molar-refractivity contribution in [2.45, 2.75) is 25.7 Å². The Bertz CT molecular complexity index is 813. The van der Waals surface area contributed by atoms with Crippen LogP contribution in [0.25, 0.3) is 16.9 Å². The van der Waals surface area contributed by atoms with Gasteiger partial charge in [-0.3, -0.25) is 4.79 Å². The van der Waals surface area contributed by atoms with Crippen molar-refractivity contribution in [1.82, 2.24) is 9.38 Å². The molecule has 0 radical (unpaired) electrons. The molecule has 1 fully saturated rings. The minimum Gasteiger partial charge on any atom is -0.325 e. The molecule has 4 nitrogen and oxygen atoms in total. The van der Waals surface area contributed by atoms with Crippen LogP contribution in [-0.4, -0.2) is 15.3 Å². The van der Waals surface area contributed by atoms with E-state index in [-0.39, 0.29) is 11.8 Å². The monoisotopic (exact) mass is 305 g/mol. The average molecular weight is 305 g/mol. The number of amides is 1. The number of fused-ring (bicyclic) bond motifs is 1. The van der Waals surface area contributed by atoms with E-state index < -0.39 is 0 Å². The van der Waals surface area contributed by atoms with E-state index in [0.717, 1.165) is 48.3 Å². The van der Waals surface area contributed by atoms with Crippen LogP contribution in [0.4, 0.5) is 5.69 Å². The van der Waals surface area contributed by atoms with Gasteiger partial charge in [0.25, 0.3) is 0 Å². The van der Waals surface area contributed by atoms with Crippen molar-refractivity contribution in [3.8, 4) is 11.3 Å². The fourth-order valence-electron chi connectivity index (χ4n) is 3.30. The molecule has 23 heavy (non-hydrogen) atoms. The SMILES string of the molecule is O=C(Nc1ccccc1-c1cn2ccccc2n1)C1CCCC1. The Morgan fingerprint density at radius 3 is 2.70 bits per heavy atom. The molecule has 2 aromatic heterocycles. The van der Waals surface area contributed by atoms with Crippen LogP contribution in [0, 0.1) is 5.92 Å². The first kappa shape index (κ1) is 14.0. The van der Waals surface area contributed by atoms with E-state index in [9.17, 15) is 4.79 Å². The largest absolute Gasteiger partial charge is 0.325 e. The van der Waals surface area contributed by atoms with E-state index in [4.69, 9.17) is 0 Å². The first-order valence-electron chi connectivity index (χ1n) is 8.15. The van der Waals surface area contributed by atoms with Gasteiger partial charge in [-0.05, 0) is 31.0 Å². The second-order valence-corrected chi connectivity index (χ2v) is 6.11. The summed E-state index contributed by atoms with van der Waals surface area (Å²) in [5, 5.41) is 3.11. The minimum absolute atomic E-state index is 0.138. The molecule has 116 valence electrons. The second kappa shape index (κ2) is 5.88. The van der Waals surface area contributed by atoms with E-state index in [2.05, 4.69) is 10.3 Å². The lowest BCUT2D eigenvalue weighted by molar-refractivity contribution is -0.119. The molecule has 1 aromatic carbocycles. The quantitative estimate of drug-likeness (QED) is 0.791. The zero-order chi connectivity index (χ0) is 15.6. The number of hydrogen-bond acceptors (Lipinski definition) is 2. The number of nitrogens with zero attached hydrogens (tertiary/aromatic N) is 2. The molecule has 0 atom stereocenters. The van der Waals surface area contributed by atoms with Gasteiger partial charge in [-0.15, -0.1) is 0 Å². The van der Waals surface area contributed by atoms with Gasteiger partial charge in [0.05, 0.1) is 11.4 Å². The van der Waals surface area contributed by atoms with Crippen molar-refractivity contribution in [1.29, 1.82) is 0 Å². The Morgan fingerprint density at radius 2 is 1.87 bits per heavy atom. The summed E-state index contributed by atoms with van der Waals surface area (Å²) in [7, 11) is 0. The standard InChI is InChI=1S/C19H19N3O/c23-19(14-7-1-2-8-14)21-16-10-4-3-9-15(16)17-13-22-12-6-5-11-18(22)20-17/h3-6,9-14H,1-2,7-8H2,(H,21,23). The van der Waals surface area contributed by atoms with Gasteiger partial charge >= 0.3 is 0 Å². The molecule has 3 aromatic rings. The number of para-hydroxylation sites is 1. The summed E-state index contributed by atoms with van der Waals surface area (Å²) in [5.41, 5.74) is 3.58. The van der Waals surface area contributed by atoms with Crippen molar-refractivity contribution in [3.63, 3.8) is 0 Å². The number of imidazole rings is 1. The minimum atomic E-state index is 0.138. The predicted molar refractivity (Wildman–Crippen MR) is 91.2 cm³/mol. The number of nitrogens with one attached hydrogen (secondary N) is 1. The average Bonchev–Trinajstić information content (AvgIpc) is 3.25. The molecule has 1 N–H and O–H groups in total. The van der Waals surface area contributed by atoms with Crippen LogP contribution >= 0.6 is 0 Å². The fraction of sp³-hybridized carbons (Fsp3) is 0.263. The molecule has 0 saturated heterocycles. The number of benzene rings is 1. The van der Waals surface area contributed by atoms with Gasteiger partial charge in [-0.2, -0.15) is 0 Å². The smallest absolute Gasteiger partial charge is 0.227 e. The third-order valence-corrected chi connectivity index (χ3v) is 4.55. The molecule has 1 aliphatic rings. The molecule has 0 spiro atoms. The number of anilines is 1. The maximum atomic E-state index is 12.4. The predicted octanol–water partition coefficient (Wildman–Crippen LogP) is 4.13. The lowest BCUT2D eigenvalue weighted by atomic mass is 10.1. The summed E-state index contributed by atoms with van der Waals surface area (Å²) in [4.78, 5) is 17.1. The van der Waals surface area contributed by atoms with Crippen LogP contribution in [0.3, 0.4) is 0 Å². The first-order valence-corrected chi connectivity index (χ1v) is 8.15. The van der Waals surface area contributed by atoms with E-state index in [1.54, 1.807) is 0 Å². The van der Waals surface area contributed by atoms with Gasteiger partial charge in [-0.25, -0.2) is 4.98 Å². The number of hydrogen-bond donors (Lipinski definition) is 1. The topological polar surface area (TPSA) is 46.4 Å². The van der Waals surface area contributed by atoms with E-state index in [1.165, 1.54) is 0 Å². The number of carbonyl (C=O) groups is 1. The summed E-state index contributed by atoms with van der Waals surface area (Å²) in [5.74, 6) is 0.294. The Morgan fingerprint density at radius 1 is 1.09 bits per heavy atom. The first-order chi connectivity index (χ1) is 11.3. The second-order valence-electron chi connectivity index (χ2n) is 6.11. The zero-order valence-electron chi connectivity index (χ0n) is 12.9. The summed E-state index contributed by atoms with van der Waals surface area (Å²) in [6.07, 6.45) is 8.30. The van der Waals surface area contributed by atoms with Crippen molar-refractivity contribution < 1.29 is 4.79 Å². The van der Waals surface area contributed by atoms with Crippen LogP contribution in [-0.2, 0) is 4.79 Å². The van der Waals surface area contributed by atoms with Crippen molar-refractivity contribution in [3.05, 3.63) is 54.9 Å². The number of carbonyl (C=O) groups excluding carboxylic acids is 1. The molecule has 1 amide bonds. The summed E-state index contributed by atoms with van der Waals surface area (Å²) < 4.78 is 1.99. The number of rotatable bonds is 3. The maximum Gasteiger partial charge on any atom is 0.227 e. The van der Waals surface area contributed by atoms with Crippen LogP contribution in [0.5, 0.6) is 0 Å². The molecule has 2 heterocycles. The lowest BCUT2D eigenvalue weighted by Crippen LogP contribution is -2.20. The molecule has 1 aliphatic carbocycles. The van der Waals surface area contributed by atoms with Gasteiger partial charge in [-0.1, -0.05) is 37.1 Å². The Kier molecular flexibility index (Phi) is 3.58. The van der Waals surface area contributed by atoms with E-state index in [0.29, 0.717) is 0 Å². The summed E-state index contributed by atoms with van der Waals surface area (Å²) in [6.45, 7) is 0. The highest BCUT2D eigenvalue weighted by atomic mass is 16.1. The highest BCUT2D eigenvalue weighted by molar-refractivity contribution is 5.96. The molecule has 0 bridgehead atoms. The van der Waals surface area contributed by atoms with Crippen LogP contribution in [0.15, 0.2) is 54.9 Å². The van der Waals surface area contributed by atoms with E-state index in [1.807, 2.05) is 59.3 Å². The Hall–Kier alpha value is -2.62. The molecular weight excluding hydrogens is 286 g/mol. The number of pyridine rings is 1. The van der Waals surface area contributed by atoms with Crippen molar-refractivity contribution in [2.75, 3.05) is 5.32 Å². The maximum absolute atomic E-state index is 12.4. The molecule has 0 unspecified atom stereocenters. The zero-order valence-corrected chi connectivity index (χ0v) is 12.9. The molecule has 4 heteroatoms. The summed E-state index contributed by atoms with van der Waals surface area (Å²) >= 11 is 0. The fourth-order valence-corrected chi connectivity index (χ4v) is 3.30. The van der Waals surface area contributed by atoms with Gasteiger partial charge in [0, 0.05) is 23.9 Å².